The van der Waals surface area contributed by atoms with Gasteiger partial charge in [0.05, 0.1) is 5.69 Å². The summed E-state index contributed by atoms with van der Waals surface area (Å²) in [5.74, 6) is 0. The van der Waals surface area contributed by atoms with Gasteiger partial charge >= 0.3 is 0 Å². The Hall–Kier alpha value is -1.45. The number of hydrogen-bond acceptors (Lipinski definition) is 2. The van der Waals surface area contributed by atoms with E-state index in [1.165, 1.54) is 27.3 Å². The Morgan fingerprint density at radius 1 is 1.05 bits per heavy atom. The molecule has 1 heterocycles. The van der Waals surface area contributed by atoms with Crippen molar-refractivity contribution in [2.75, 3.05) is 0 Å². The lowest BCUT2D eigenvalue weighted by Gasteiger charge is -1.99. The van der Waals surface area contributed by atoms with Gasteiger partial charge in [0.25, 0.3) is 0 Å². The Bertz CT molecular complexity index is 776. The van der Waals surface area contributed by atoms with Gasteiger partial charge in [0.1, 0.15) is 5.01 Å². The SMILES string of the molecule is Brc1cccc(-c2nc3c(s2)Cc2ccccc2-3)c1. The zero-order valence-corrected chi connectivity index (χ0v) is 12.5. The third-order valence-corrected chi connectivity index (χ3v) is 4.99. The summed E-state index contributed by atoms with van der Waals surface area (Å²) >= 11 is 5.33. The maximum Gasteiger partial charge on any atom is 0.124 e. The first-order chi connectivity index (χ1) is 9.31. The number of thiazole rings is 1. The molecule has 0 radical (unpaired) electrons. The fraction of sp³-hybridized carbons (Fsp3) is 0.0625. The Balaban J connectivity index is 1.85. The standard InChI is InChI=1S/C16H10BrNS/c17-12-6-3-5-11(8-12)16-18-15-13-7-2-1-4-10(13)9-14(15)19-16/h1-8H,9H2. The van der Waals surface area contributed by atoms with Crippen LogP contribution >= 0.6 is 27.3 Å². The van der Waals surface area contributed by atoms with Gasteiger partial charge < -0.3 is 0 Å². The van der Waals surface area contributed by atoms with Crippen LogP contribution in [0.2, 0.25) is 0 Å². The number of hydrogen-bond donors (Lipinski definition) is 0. The Labute approximate surface area is 124 Å². The van der Waals surface area contributed by atoms with Crippen molar-refractivity contribution in [3.05, 3.63) is 63.4 Å². The highest BCUT2D eigenvalue weighted by Gasteiger charge is 2.23. The van der Waals surface area contributed by atoms with Crippen molar-refractivity contribution in [3.63, 3.8) is 0 Å². The van der Waals surface area contributed by atoms with E-state index in [2.05, 4.69) is 58.4 Å². The van der Waals surface area contributed by atoms with Crippen LogP contribution in [0.15, 0.2) is 53.0 Å². The van der Waals surface area contributed by atoms with Crippen LogP contribution in [-0.2, 0) is 6.42 Å². The van der Waals surface area contributed by atoms with Gasteiger partial charge in [-0.25, -0.2) is 4.98 Å². The number of benzene rings is 2. The Morgan fingerprint density at radius 2 is 1.95 bits per heavy atom. The highest BCUT2D eigenvalue weighted by Crippen LogP contribution is 2.42. The number of nitrogens with zero attached hydrogens (tertiary/aromatic N) is 1. The summed E-state index contributed by atoms with van der Waals surface area (Å²) in [5.41, 5.74) is 5.06. The van der Waals surface area contributed by atoms with Gasteiger partial charge in [-0.15, -0.1) is 11.3 Å². The number of halogens is 1. The van der Waals surface area contributed by atoms with Crippen LogP contribution in [0.5, 0.6) is 0 Å². The van der Waals surface area contributed by atoms with Gasteiger partial charge in [0, 0.05) is 26.9 Å². The molecule has 0 aliphatic heterocycles. The van der Waals surface area contributed by atoms with E-state index in [4.69, 9.17) is 4.98 Å². The second-order valence-corrected chi connectivity index (χ2v) is 6.63. The average molecular weight is 328 g/mol. The summed E-state index contributed by atoms with van der Waals surface area (Å²) in [7, 11) is 0. The van der Waals surface area contributed by atoms with Crippen LogP contribution in [0.4, 0.5) is 0 Å². The molecule has 0 fully saturated rings. The van der Waals surface area contributed by atoms with Crippen molar-refractivity contribution in [2.24, 2.45) is 0 Å². The summed E-state index contributed by atoms with van der Waals surface area (Å²) in [6.45, 7) is 0. The third kappa shape index (κ3) is 1.85. The predicted octanol–water partition coefficient (Wildman–Crippen LogP) is 5.14. The first-order valence-electron chi connectivity index (χ1n) is 6.15. The molecule has 0 N–H and O–H groups in total. The van der Waals surface area contributed by atoms with Gasteiger partial charge in [-0.2, -0.15) is 0 Å². The van der Waals surface area contributed by atoms with Gasteiger partial charge in [-0.05, 0) is 17.7 Å². The van der Waals surface area contributed by atoms with Crippen molar-refractivity contribution < 1.29 is 0 Å². The van der Waals surface area contributed by atoms with E-state index >= 15 is 0 Å². The summed E-state index contributed by atoms with van der Waals surface area (Å²) < 4.78 is 1.10. The molecule has 1 aliphatic carbocycles. The van der Waals surface area contributed by atoms with E-state index in [0.717, 1.165) is 15.9 Å². The molecule has 0 amide bonds. The zero-order chi connectivity index (χ0) is 12.8. The van der Waals surface area contributed by atoms with Gasteiger partial charge in [0.2, 0.25) is 0 Å². The monoisotopic (exact) mass is 327 g/mol. The smallest absolute Gasteiger partial charge is 0.124 e. The van der Waals surface area contributed by atoms with Crippen LogP contribution in [0, 0.1) is 0 Å². The minimum atomic E-state index is 1.02. The normalized spacial score (nSPS) is 12.3. The molecule has 1 aliphatic rings. The Morgan fingerprint density at radius 3 is 2.84 bits per heavy atom. The van der Waals surface area contributed by atoms with E-state index in [9.17, 15) is 0 Å². The average Bonchev–Trinajstić information content (AvgIpc) is 2.96. The molecule has 1 aromatic heterocycles. The van der Waals surface area contributed by atoms with Crippen LogP contribution in [0.3, 0.4) is 0 Å². The van der Waals surface area contributed by atoms with Crippen LogP contribution < -0.4 is 0 Å². The molecule has 2 aromatic carbocycles. The molecule has 19 heavy (non-hydrogen) atoms. The van der Waals surface area contributed by atoms with Crippen molar-refractivity contribution >= 4 is 27.3 Å². The Kier molecular flexibility index (Phi) is 2.57. The molecule has 0 bridgehead atoms. The summed E-state index contributed by atoms with van der Waals surface area (Å²) in [6.07, 6.45) is 1.02. The number of fused-ring (bicyclic) bond motifs is 3. The first-order valence-corrected chi connectivity index (χ1v) is 7.76. The lowest BCUT2D eigenvalue weighted by Crippen LogP contribution is -1.81. The van der Waals surface area contributed by atoms with E-state index in [1.54, 1.807) is 0 Å². The molecule has 3 heteroatoms. The molecule has 3 aromatic rings. The van der Waals surface area contributed by atoms with E-state index < -0.39 is 0 Å². The summed E-state index contributed by atoms with van der Waals surface area (Å²) in [6, 6.07) is 16.9. The fourth-order valence-corrected chi connectivity index (χ4v) is 4.00. The van der Waals surface area contributed by atoms with E-state index in [1.807, 2.05) is 17.4 Å². The molecule has 0 spiro atoms. The van der Waals surface area contributed by atoms with Crippen molar-refractivity contribution in [2.45, 2.75) is 6.42 Å². The number of rotatable bonds is 1. The molecular weight excluding hydrogens is 318 g/mol. The third-order valence-electron chi connectivity index (χ3n) is 3.39. The van der Waals surface area contributed by atoms with Gasteiger partial charge in [0.15, 0.2) is 0 Å². The summed E-state index contributed by atoms with van der Waals surface area (Å²) in [5, 5.41) is 1.11. The largest absolute Gasteiger partial charge is 0.236 e. The molecule has 0 atom stereocenters. The minimum Gasteiger partial charge on any atom is -0.236 e. The maximum atomic E-state index is 4.84. The highest BCUT2D eigenvalue weighted by molar-refractivity contribution is 9.10. The minimum absolute atomic E-state index is 1.02. The quantitative estimate of drug-likeness (QED) is 0.471. The first kappa shape index (κ1) is 11.4. The van der Waals surface area contributed by atoms with E-state index in [0.29, 0.717) is 0 Å². The second-order valence-electron chi connectivity index (χ2n) is 4.64. The van der Waals surface area contributed by atoms with Gasteiger partial charge in [-0.3, -0.25) is 0 Å². The van der Waals surface area contributed by atoms with Gasteiger partial charge in [-0.1, -0.05) is 52.3 Å². The summed E-state index contributed by atoms with van der Waals surface area (Å²) in [4.78, 5) is 6.23. The topological polar surface area (TPSA) is 12.9 Å². The van der Waals surface area contributed by atoms with E-state index in [-0.39, 0.29) is 0 Å². The zero-order valence-electron chi connectivity index (χ0n) is 10.1. The predicted molar refractivity (Wildman–Crippen MR) is 83.5 cm³/mol. The lowest BCUT2D eigenvalue weighted by molar-refractivity contribution is 1.31. The fourth-order valence-electron chi connectivity index (χ4n) is 2.51. The van der Waals surface area contributed by atoms with Crippen LogP contribution in [0.1, 0.15) is 10.4 Å². The maximum absolute atomic E-state index is 4.84. The number of aromatic nitrogens is 1. The molecule has 0 saturated carbocycles. The van der Waals surface area contributed by atoms with Crippen LogP contribution in [-0.4, -0.2) is 4.98 Å². The van der Waals surface area contributed by atoms with Crippen molar-refractivity contribution in [3.8, 4) is 21.8 Å². The second kappa shape index (κ2) is 4.29. The molecule has 0 saturated heterocycles. The molecule has 4 rings (SSSR count). The molecule has 92 valence electrons. The molecule has 0 unspecified atom stereocenters. The molecule has 1 nitrogen and oxygen atoms in total. The molecular formula is C16H10BrNS. The van der Waals surface area contributed by atoms with Crippen molar-refractivity contribution in [1.82, 2.24) is 4.98 Å². The highest BCUT2D eigenvalue weighted by atomic mass is 79.9. The van der Waals surface area contributed by atoms with Crippen LogP contribution in [0.25, 0.3) is 21.8 Å². The lowest BCUT2D eigenvalue weighted by atomic mass is 10.1. The van der Waals surface area contributed by atoms with Crippen molar-refractivity contribution in [1.29, 1.82) is 0 Å².